The van der Waals surface area contributed by atoms with Crippen LogP contribution in [-0.4, -0.2) is 4.40 Å². The number of hydrogen-bond donors (Lipinski definition) is 0. The minimum Gasteiger partial charge on any atom is -0.320 e. The molecule has 68 valence electrons. The lowest BCUT2D eigenvalue weighted by atomic mass is 9.91. The van der Waals surface area contributed by atoms with Gasteiger partial charge in [-0.1, -0.05) is 26.8 Å². The van der Waals surface area contributed by atoms with Crippen LogP contribution in [0, 0.1) is 0 Å². The van der Waals surface area contributed by atoms with E-state index in [2.05, 4.69) is 61.7 Å². The standard InChI is InChI=1S/C12H15N/c1-12(2,3)11-8-4-6-10-7-5-9-13(10)11/h4-9H,1-3H3. The molecule has 0 aromatic carbocycles. The Morgan fingerprint density at radius 3 is 2.38 bits per heavy atom. The molecule has 0 aliphatic rings. The van der Waals surface area contributed by atoms with Gasteiger partial charge < -0.3 is 4.40 Å². The first-order chi connectivity index (χ1) is 6.09. The van der Waals surface area contributed by atoms with Crippen molar-refractivity contribution in [2.45, 2.75) is 26.2 Å². The number of fused-ring (bicyclic) bond motifs is 1. The lowest BCUT2D eigenvalue weighted by molar-refractivity contribution is 0.561. The van der Waals surface area contributed by atoms with Gasteiger partial charge in [-0.3, -0.25) is 0 Å². The summed E-state index contributed by atoms with van der Waals surface area (Å²) in [5.41, 5.74) is 2.83. The summed E-state index contributed by atoms with van der Waals surface area (Å²) >= 11 is 0. The molecule has 0 fully saturated rings. The van der Waals surface area contributed by atoms with Crippen molar-refractivity contribution in [1.82, 2.24) is 4.40 Å². The van der Waals surface area contributed by atoms with Gasteiger partial charge in [-0.15, -0.1) is 0 Å². The van der Waals surface area contributed by atoms with Crippen LogP contribution in [0.1, 0.15) is 26.5 Å². The molecule has 0 bridgehead atoms. The highest BCUT2D eigenvalue weighted by Gasteiger charge is 2.15. The van der Waals surface area contributed by atoms with E-state index in [0.717, 1.165) is 0 Å². The van der Waals surface area contributed by atoms with Crippen LogP contribution in [0.3, 0.4) is 0 Å². The van der Waals surface area contributed by atoms with Crippen molar-refractivity contribution in [2.24, 2.45) is 0 Å². The molecule has 0 atom stereocenters. The van der Waals surface area contributed by atoms with Gasteiger partial charge in [0.15, 0.2) is 0 Å². The van der Waals surface area contributed by atoms with Crippen LogP contribution in [-0.2, 0) is 5.41 Å². The highest BCUT2D eigenvalue weighted by molar-refractivity contribution is 5.49. The van der Waals surface area contributed by atoms with Gasteiger partial charge in [-0.05, 0) is 24.3 Å². The minimum absolute atomic E-state index is 0.207. The van der Waals surface area contributed by atoms with Gasteiger partial charge in [0.1, 0.15) is 0 Å². The zero-order valence-electron chi connectivity index (χ0n) is 8.41. The number of rotatable bonds is 0. The average Bonchev–Trinajstić information content (AvgIpc) is 2.48. The van der Waals surface area contributed by atoms with E-state index in [-0.39, 0.29) is 5.41 Å². The normalized spacial score (nSPS) is 12.2. The Kier molecular flexibility index (Phi) is 1.69. The monoisotopic (exact) mass is 173 g/mol. The van der Waals surface area contributed by atoms with Gasteiger partial charge in [-0.25, -0.2) is 0 Å². The van der Waals surface area contributed by atoms with Crippen molar-refractivity contribution in [1.29, 1.82) is 0 Å². The SMILES string of the molecule is CC(C)(C)c1cccc2cccn12. The second-order valence-electron chi connectivity index (χ2n) is 4.46. The quantitative estimate of drug-likeness (QED) is 0.576. The third-order valence-electron chi connectivity index (χ3n) is 2.33. The van der Waals surface area contributed by atoms with E-state index in [1.807, 2.05) is 0 Å². The molecule has 0 saturated heterocycles. The zero-order valence-corrected chi connectivity index (χ0v) is 8.41. The van der Waals surface area contributed by atoms with E-state index in [4.69, 9.17) is 0 Å². The fraction of sp³-hybridized carbons (Fsp3) is 0.333. The fourth-order valence-corrected chi connectivity index (χ4v) is 1.68. The molecule has 0 aliphatic heterocycles. The molecule has 2 aromatic heterocycles. The summed E-state index contributed by atoms with van der Waals surface area (Å²) in [6, 6.07) is 10.7. The van der Waals surface area contributed by atoms with Gasteiger partial charge >= 0.3 is 0 Å². The first kappa shape index (κ1) is 8.36. The maximum Gasteiger partial charge on any atom is 0.0453 e. The summed E-state index contributed by atoms with van der Waals surface area (Å²) in [6.45, 7) is 6.71. The zero-order chi connectivity index (χ0) is 9.47. The van der Waals surface area contributed by atoms with Gasteiger partial charge in [0.2, 0.25) is 0 Å². The van der Waals surface area contributed by atoms with Crippen LogP contribution in [0.15, 0.2) is 36.5 Å². The van der Waals surface area contributed by atoms with E-state index in [1.165, 1.54) is 11.2 Å². The number of hydrogen-bond acceptors (Lipinski definition) is 0. The molecule has 2 rings (SSSR count). The molecule has 2 heterocycles. The second kappa shape index (κ2) is 2.63. The van der Waals surface area contributed by atoms with E-state index in [0.29, 0.717) is 0 Å². The van der Waals surface area contributed by atoms with Gasteiger partial charge in [0.05, 0.1) is 0 Å². The lowest BCUT2D eigenvalue weighted by Crippen LogP contribution is -2.15. The first-order valence-electron chi connectivity index (χ1n) is 4.65. The molecule has 0 spiro atoms. The topological polar surface area (TPSA) is 4.41 Å². The Labute approximate surface area is 79.0 Å². The molecule has 1 heteroatoms. The van der Waals surface area contributed by atoms with Crippen molar-refractivity contribution in [3.63, 3.8) is 0 Å². The Morgan fingerprint density at radius 2 is 1.69 bits per heavy atom. The number of pyridine rings is 1. The second-order valence-corrected chi connectivity index (χ2v) is 4.46. The van der Waals surface area contributed by atoms with E-state index >= 15 is 0 Å². The Morgan fingerprint density at radius 1 is 1.00 bits per heavy atom. The van der Waals surface area contributed by atoms with Crippen molar-refractivity contribution >= 4 is 5.52 Å². The molecular formula is C12H15N. The van der Waals surface area contributed by atoms with Crippen LogP contribution in [0.25, 0.3) is 5.52 Å². The Hall–Kier alpha value is -1.24. The molecule has 0 aliphatic carbocycles. The minimum atomic E-state index is 0.207. The molecule has 0 saturated carbocycles. The summed E-state index contributed by atoms with van der Waals surface area (Å²) in [4.78, 5) is 0. The summed E-state index contributed by atoms with van der Waals surface area (Å²) in [5.74, 6) is 0. The lowest BCUT2D eigenvalue weighted by Gasteiger charge is -2.20. The molecule has 1 nitrogen and oxygen atoms in total. The molecule has 13 heavy (non-hydrogen) atoms. The highest BCUT2D eigenvalue weighted by atomic mass is 14.9. The van der Waals surface area contributed by atoms with Gasteiger partial charge in [0.25, 0.3) is 0 Å². The third kappa shape index (κ3) is 1.35. The van der Waals surface area contributed by atoms with E-state index in [1.54, 1.807) is 0 Å². The molecular weight excluding hydrogens is 158 g/mol. The maximum absolute atomic E-state index is 2.25. The van der Waals surface area contributed by atoms with Crippen LogP contribution < -0.4 is 0 Å². The van der Waals surface area contributed by atoms with Crippen molar-refractivity contribution in [2.75, 3.05) is 0 Å². The third-order valence-corrected chi connectivity index (χ3v) is 2.33. The summed E-state index contributed by atoms with van der Waals surface area (Å²) in [6.07, 6.45) is 2.12. The van der Waals surface area contributed by atoms with Crippen LogP contribution in [0.2, 0.25) is 0 Å². The smallest absolute Gasteiger partial charge is 0.0453 e. The van der Waals surface area contributed by atoms with Crippen molar-refractivity contribution in [3.8, 4) is 0 Å². The predicted octanol–water partition coefficient (Wildman–Crippen LogP) is 3.24. The highest BCUT2D eigenvalue weighted by Crippen LogP contribution is 2.23. The van der Waals surface area contributed by atoms with Crippen molar-refractivity contribution in [3.05, 3.63) is 42.2 Å². The summed E-state index contributed by atoms with van der Waals surface area (Å²) < 4.78 is 2.25. The largest absolute Gasteiger partial charge is 0.320 e. The molecule has 0 unspecified atom stereocenters. The Balaban J connectivity index is 2.75. The Bertz CT molecular complexity index is 418. The predicted molar refractivity (Wildman–Crippen MR) is 56.1 cm³/mol. The van der Waals surface area contributed by atoms with Crippen molar-refractivity contribution < 1.29 is 0 Å². The van der Waals surface area contributed by atoms with Crippen LogP contribution >= 0.6 is 0 Å². The van der Waals surface area contributed by atoms with Gasteiger partial charge in [-0.2, -0.15) is 0 Å². The average molecular weight is 173 g/mol. The number of aromatic nitrogens is 1. The van der Waals surface area contributed by atoms with E-state index < -0.39 is 0 Å². The number of nitrogens with zero attached hydrogens (tertiary/aromatic N) is 1. The first-order valence-corrected chi connectivity index (χ1v) is 4.65. The molecule has 0 amide bonds. The molecule has 2 aromatic rings. The maximum atomic E-state index is 2.25. The van der Waals surface area contributed by atoms with Crippen LogP contribution in [0.5, 0.6) is 0 Å². The molecule has 0 radical (unpaired) electrons. The summed E-state index contributed by atoms with van der Waals surface area (Å²) in [7, 11) is 0. The van der Waals surface area contributed by atoms with Gasteiger partial charge in [0, 0.05) is 22.8 Å². The molecule has 0 N–H and O–H groups in total. The van der Waals surface area contributed by atoms with Crippen LogP contribution in [0.4, 0.5) is 0 Å². The van der Waals surface area contributed by atoms with E-state index in [9.17, 15) is 0 Å². The summed E-state index contributed by atoms with van der Waals surface area (Å²) in [5, 5.41) is 0. The fourth-order valence-electron chi connectivity index (χ4n) is 1.68.